The number of rotatable bonds is 5. The van der Waals surface area contributed by atoms with Gasteiger partial charge >= 0.3 is 6.09 Å². The molecule has 8 heteroatoms. The van der Waals surface area contributed by atoms with E-state index in [-0.39, 0.29) is 10.8 Å². The van der Waals surface area contributed by atoms with Crippen molar-refractivity contribution in [2.24, 2.45) is 0 Å². The lowest BCUT2D eigenvalue weighted by Crippen LogP contribution is -2.37. The van der Waals surface area contributed by atoms with Crippen molar-refractivity contribution in [1.82, 2.24) is 9.88 Å². The Bertz CT molecular complexity index is 572. The SMILES string of the molecule is COC(=O)N(CCN(C)C)c1cccc(S(C)(=O)=O)n1. The van der Waals surface area contributed by atoms with E-state index >= 15 is 0 Å². The number of anilines is 1. The molecule has 0 atom stereocenters. The summed E-state index contributed by atoms with van der Waals surface area (Å²) < 4.78 is 27.7. The first-order valence-corrected chi connectivity index (χ1v) is 7.82. The standard InChI is InChI=1S/C12H19N3O4S/c1-14(2)8-9-15(12(16)19-3)10-6-5-7-11(13-10)20(4,17)18/h5-7H,8-9H2,1-4H3. The Kier molecular flexibility index (Phi) is 5.46. The van der Waals surface area contributed by atoms with E-state index in [1.807, 2.05) is 19.0 Å². The summed E-state index contributed by atoms with van der Waals surface area (Å²) in [7, 11) is 1.59. The monoisotopic (exact) mass is 301 g/mol. The quantitative estimate of drug-likeness (QED) is 0.793. The first-order chi connectivity index (χ1) is 9.25. The van der Waals surface area contributed by atoms with Gasteiger partial charge in [0.1, 0.15) is 5.82 Å². The summed E-state index contributed by atoms with van der Waals surface area (Å²) in [5, 5.41) is -0.0752. The van der Waals surface area contributed by atoms with E-state index in [9.17, 15) is 13.2 Å². The predicted octanol–water partition coefficient (Wildman–Crippen LogP) is 0.620. The number of methoxy groups -OCH3 is 1. The van der Waals surface area contributed by atoms with E-state index in [4.69, 9.17) is 4.74 Å². The van der Waals surface area contributed by atoms with Crippen molar-refractivity contribution in [2.75, 3.05) is 45.5 Å². The Hall–Kier alpha value is -1.67. The fourth-order valence-electron chi connectivity index (χ4n) is 1.47. The number of sulfone groups is 1. The molecule has 0 aromatic carbocycles. The normalized spacial score (nSPS) is 11.4. The van der Waals surface area contributed by atoms with E-state index in [1.165, 1.54) is 18.1 Å². The van der Waals surface area contributed by atoms with Gasteiger partial charge in [-0.25, -0.2) is 18.2 Å². The number of hydrogen-bond acceptors (Lipinski definition) is 6. The summed E-state index contributed by atoms with van der Waals surface area (Å²) in [4.78, 5) is 19.0. The van der Waals surface area contributed by atoms with E-state index in [1.54, 1.807) is 12.1 Å². The first kappa shape index (κ1) is 16.4. The third-order valence-electron chi connectivity index (χ3n) is 2.53. The highest BCUT2D eigenvalue weighted by molar-refractivity contribution is 7.90. The van der Waals surface area contributed by atoms with Crippen LogP contribution in [-0.4, -0.2) is 64.9 Å². The average molecular weight is 301 g/mol. The van der Waals surface area contributed by atoms with Crippen LogP contribution >= 0.6 is 0 Å². The zero-order valence-electron chi connectivity index (χ0n) is 12.0. The number of carbonyl (C=O) groups is 1. The fourth-order valence-corrected chi connectivity index (χ4v) is 2.06. The van der Waals surface area contributed by atoms with Crippen molar-refractivity contribution in [3.63, 3.8) is 0 Å². The van der Waals surface area contributed by atoms with Crippen molar-refractivity contribution >= 4 is 21.7 Å². The lowest BCUT2D eigenvalue weighted by molar-refractivity contribution is 0.177. The molecule has 1 aromatic rings. The molecule has 0 saturated carbocycles. The molecule has 1 amide bonds. The number of likely N-dealkylation sites (N-methyl/N-ethyl adjacent to an activating group) is 1. The zero-order chi connectivity index (χ0) is 15.3. The van der Waals surface area contributed by atoms with Crippen molar-refractivity contribution in [1.29, 1.82) is 0 Å². The third kappa shape index (κ3) is 4.46. The van der Waals surface area contributed by atoms with Gasteiger partial charge in [-0.15, -0.1) is 0 Å². The second-order valence-corrected chi connectivity index (χ2v) is 6.49. The molecule has 0 radical (unpaired) electrons. The minimum atomic E-state index is -3.42. The summed E-state index contributed by atoms with van der Waals surface area (Å²) in [6.45, 7) is 0.944. The molecule has 1 aromatic heterocycles. The molecule has 0 bridgehead atoms. The van der Waals surface area contributed by atoms with Crippen molar-refractivity contribution < 1.29 is 17.9 Å². The van der Waals surface area contributed by atoms with Crippen LogP contribution in [-0.2, 0) is 14.6 Å². The van der Waals surface area contributed by atoms with Gasteiger partial charge in [-0.3, -0.25) is 4.90 Å². The highest BCUT2D eigenvalue weighted by atomic mass is 32.2. The maximum Gasteiger partial charge on any atom is 0.415 e. The number of hydrogen-bond donors (Lipinski definition) is 0. The lowest BCUT2D eigenvalue weighted by atomic mass is 10.4. The van der Waals surface area contributed by atoms with Gasteiger partial charge in [0, 0.05) is 19.3 Å². The number of carbonyl (C=O) groups excluding carboxylic acids is 1. The van der Waals surface area contributed by atoms with E-state index in [2.05, 4.69) is 4.98 Å². The number of amides is 1. The van der Waals surface area contributed by atoms with Gasteiger partial charge in [0.15, 0.2) is 14.9 Å². The maximum atomic E-state index is 11.8. The fraction of sp³-hybridized carbons (Fsp3) is 0.500. The van der Waals surface area contributed by atoms with E-state index < -0.39 is 15.9 Å². The largest absolute Gasteiger partial charge is 0.452 e. The Morgan fingerprint density at radius 1 is 1.30 bits per heavy atom. The van der Waals surface area contributed by atoms with Crippen molar-refractivity contribution in [3.8, 4) is 0 Å². The molecule has 1 rings (SSSR count). The predicted molar refractivity (Wildman–Crippen MR) is 75.7 cm³/mol. The van der Waals surface area contributed by atoms with Crippen LogP contribution in [0.3, 0.4) is 0 Å². The Morgan fingerprint density at radius 2 is 1.95 bits per heavy atom. The molecule has 0 aliphatic heterocycles. The van der Waals surface area contributed by atoms with Crippen LogP contribution in [0.1, 0.15) is 0 Å². The molecule has 112 valence electrons. The number of aromatic nitrogens is 1. The molecule has 0 unspecified atom stereocenters. The van der Waals surface area contributed by atoms with Gasteiger partial charge in [-0.1, -0.05) is 6.07 Å². The second-order valence-electron chi connectivity index (χ2n) is 4.53. The lowest BCUT2D eigenvalue weighted by Gasteiger charge is -2.22. The average Bonchev–Trinajstić information content (AvgIpc) is 2.37. The summed E-state index contributed by atoms with van der Waals surface area (Å²) >= 11 is 0. The molecule has 1 heterocycles. The minimum Gasteiger partial charge on any atom is -0.452 e. The smallest absolute Gasteiger partial charge is 0.415 e. The molecule has 7 nitrogen and oxygen atoms in total. The van der Waals surface area contributed by atoms with Gasteiger partial charge in [0.25, 0.3) is 0 Å². The number of pyridine rings is 1. The van der Waals surface area contributed by atoms with Crippen LogP contribution in [0.5, 0.6) is 0 Å². The highest BCUT2D eigenvalue weighted by Gasteiger charge is 2.19. The molecular formula is C12H19N3O4S. The molecule has 0 aliphatic carbocycles. The van der Waals surface area contributed by atoms with Crippen molar-refractivity contribution in [2.45, 2.75) is 5.03 Å². The summed E-state index contributed by atoms with van der Waals surface area (Å²) in [5.74, 6) is 0.252. The van der Waals surface area contributed by atoms with Gasteiger partial charge in [-0.2, -0.15) is 0 Å². The van der Waals surface area contributed by atoms with E-state index in [0.29, 0.717) is 13.1 Å². The van der Waals surface area contributed by atoms with E-state index in [0.717, 1.165) is 6.26 Å². The zero-order valence-corrected chi connectivity index (χ0v) is 12.8. The number of ether oxygens (including phenoxy) is 1. The van der Waals surface area contributed by atoms with Crippen LogP contribution < -0.4 is 4.90 Å². The van der Waals surface area contributed by atoms with Crippen LogP contribution in [0, 0.1) is 0 Å². The molecule has 0 aliphatic rings. The van der Waals surface area contributed by atoms with Crippen molar-refractivity contribution in [3.05, 3.63) is 18.2 Å². The van der Waals surface area contributed by atoms with Gasteiger partial charge in [0.2, 0.25) is 0 Å². The first-order valence-electron chi connectivity index (χ1n) is 5.93. The third-order valence-corrected chi connectivity index (χ3v) is 3.52. The minimum absolute atomic E-state index is 0.0752. The Labute approximate surface area is 119 Å². The second kappa shape index (κ2) is 6.67. The molecule has 20 heavy (non-hydrogen) atoms. The summed E-state index contributed by atoms with van der Waals surface area (Å²) in [6.07, 6.45) is 0.492. The van der Waals surface area contributed by atoms with Crippen LogP contribution in [0.2, 0.25) is 0 Å². The molecule has 0 spiro atoms. The summed E-state index contributed by atoms with van der Waals surface area (Å²) in [6, 6.07) is 4.51. The van der Waals surface area contributed by atoms with Gasteiger partial charge < -0.3 is 9.64 Å². The molecule has 0 saturated heterocycles. The van der Waals surface area contributed by atoms with Crippen LogP contribution in [0.15, 0.2) is 23.2 Å². The number of nitrogens with zero attached hydrogens (tertiary/aromatic N) is 3. The topological polar surface area (TPSA) is 79.8 Å². The Balaban J connectivity index is 3.10. The molecular weight excluding hydrogens is 282 g/mol. The van der Waals surface area contributed by atoms with Crippen LogP contribution in [0.4, 0.5) is 10.6 Å². The van der Waals surface area contributed by atoms with Crippen LogP contribution in [0.25, 0.3) is 0 Å². The van der Waals surface area contributed by atoms with Gasteiger partial charge in [0.05, 0.1) is 7.11 Å². The van der Waals surface area contributed by atoms with Gasteiger partial charge in [-0.05, 0) is 26.2 Å². The Morgan fingerprint density at radius 3 is 2.45 bits per heavy atom. The molecule has 0 fully saturated rings. The summed E-state index contributed by atoms with van der Waals surface area (Å²) in [5.41, 5.74) is 0. The molecule has 0 N–H and O–H groups in total. The highest BCUT2D eigenvalue weighted by Crippen LogP contribution is 2.15. The maximum absolute atomic E-state index is 11.8.